The third kappa shape index (κ3) is 1.54. The monoisotopic (exact) mass is 274 g/mol. The van der Waals surface area contributed by atoms with E-state index in [1.807, 2.05) is 9.25 Å². The lowest BCUT2D eigenvalue weighted by atomic mass is 10.1. The van der Waals surface area contributed by atoms with Crippen molar-refractivity contribution in [3.8, 4) is 11.5 Å². The van der Waals surface area contributed by atoms with Crippen molar-refractivity contribution >= 4 is 6.09 Å². The molecule has 0 bridgehead atoms. The van der Waals surface area contributed by atoms with Gasteiger partial charge in [-0.3, -0.25) is 4.68 Å². The molecule has 2 aliphatic rings. The van der Waals surface area contributed by atoms with E-state index in [4.69, 9.17) is 0 Å². The summed E-state index contributed by atoms with van der Waals surface area (Å²) in [5.41, 5.74) is 2.91. The summed E-state index contributed by atoms with van der Waals surface area (Å²) in [7, 11) is 0. The van der Waals surface area contributed by atoms with Crippen LogP contribution >= 0.6 is 0 Å². The fraction of sp³-hybridized carbons (Fsp3) is 0.500. The minimum absolute atomic E-state index is 0.382. The van der Waals surface area contributed by atoms with E-state index in [1.54, 1.807) is 6.33 Å². The van der Waals surface area contributed by atoms with Gasteiger partial charge in [-0.25, -0.2) is 4.79 Å². The first-order chi connectivity index (χ1) is 9.74. The second-order valence-electron chi connectivity index (χ2n) is 5.15. The zero-order valence-corrected chi connectivity index (χ0v) is 10.9. The molecule has 4 heterocycles. The van der Waals surface area contributed by atoms with Gasteiger partial charge in [0, 0.05) is 31.6 Å². The van der Waals surface area contributed by atoms with Gasteiger partial charge < -0.3 is 14.6 Å². The summed E-state index contributed by atoms with van der Waals surface area (Å²) in [4.78, 5) is 12.6. The van der Waals surface area contributed by atoms with E-state index in [0.29, 0.717) is 19.5 Å². The van der Waals surface area contributed by atoms with E-state index < -0.39 is 6.09 Å². The van der Waals surface area contributed by atoms with E-state index >= 15 is 0 Å². The number of fused-ring (bicyclic) bond motifs is 5. The van der Waals surface area contributed by atoms with Crippen molar-refractivity contribution in [3.63, 3.8) is 0 Å². The second-order valence-corrected chi connectivity index (χ2v) is 5.15. The van der Waals surface area contributed by atoms with Gasteiger partial charge in [0.05, 0.1) is 12.2 Å². The van der Waals surface area contributed by atoms with Gasteiger partial charge in [-0.2, -0.15) is 5.10 Å². The van der Waals surface area contributed by atoms with Crippen LogP contribution in [0.3, 0.4) is 0 Å². The average Bonchev–Trinajstić information content (AvgIpc) is 2.98. The molecule has 2 aliphatic heterocycles. The quantitative estimate of drug-likeness (QED) is 0.759. The Bertz CT molecular complexity index is 688. The highest BCUT2D eigenvalue weighted by atomic mass is 16.4. The molecule has 8 nitrogen and oxygen atoms in total. The van der Waals surface area contributed by atoms with Gasteiger partial charge in [0.15, 0.2) is 5.82 Å². The molecule has 0 aliphatic carbocycles. The van der Waals surface area contributed by atoms with Gasteiger partial charge in [0.25, 0.3) is 0 Å². The first-order valence-corrected chi connectivity index (χ1v) is 6.68. The van der Waals surface area contributed by atoms with Crippen molar-refractivity contribution in [1.29, 1.82) is 0 Å². The van der Waals surface area contributed by atoms with Crippen LogP contribution in [0, 0.1) is 0 Å². The van der Waals surface area contributed by atoms with Crippen LogP contribution in [0.1, 0.15) is 17.7 Å². The number of aromatic nitrogens is 5. The van der Waals surface area contributed by atoms with Crippen LogP contribution in [0.2, 0.25) is 0 Å². The summed E-state index contributed by atoms with van der Waals surface area (Å²) in [6, 6.07) is 0. The Labute approximate surface area is 114 Å². The molecule has 0 fully saturated rings. The molecule has 2 aromatic heterocycles. The molecule has 0 radical (unpaired) electrons. The Kier molecular flexibility index (Phi) is 2.32. The Hall–Kier alpha value is -2.38. The van der Waals surface area contributed by atoms with Gasteiger partial charge >= 0.3 is 6.09 Å². The highest BCUT2D eigenvalue weighted by Gasteiger charge is 2.30. The lowest BCUT2D eigenvalue weighted by Crippen LogP contribution is -2.34. The Morgan fingerprint density at radius 2 is 2.20 bits per heavy atom. The predicted octanol–water partition coefficient (Wildman–Crippen LogP) is 0.581. The lowest BCUT2D eigenvalue weighted by Gasteiger charge is -2.23. The van der Waals surface area contributed by atoms with Gasteiger partial charge in [-0.05, 0) is 6.42 Å². The summed E-state index contributed by atoms with van der Waals surface area (Å²) in [6.45, 7) is 2.58. The largest absolute Gasteiger partial charge is 0.465 e. The number of amides is 1. The fourth-order valence-corrected chi connectivity index (χ4v) is 2.99. The maximum absolute atomic E-state index is 11.2. The predicted molar refractivity (Wildman–Crippen MR) is 68.0 cm³/mol. The lowest BCUT2D eigenvalue weighted by molar-refractivity contribution is 0.140. The third-order valence-corrected chi connectivity index (χ3v) is 3.97. The topological polar surface area (TPSA) is 89.1 Å². The standard InChI is InChI=1S/C12H14N6O2/c19-12(20)16-5-2-9-8(6-16)10-11-14-13-7-17(11)3-1-4-18(10)15-9/h7H,1-6H2,(H,19,20). The van der Waals surface area contributed by atoms with E-state index in [9.17, 15) is 9.90 Å². The number of carbonyl (C=O) groups is 1. The van der Waals surface area contributed by atoms with Gasteiger partial charge in [-0.1, -0.05) is 0 Å². The van der Waals surface area contributed by atoms with Crippen LogP contribution < -0.4 is 0 Å². The van der Waals surface area contributed by atoms with Crippen LogP contribution in [0.5, 0.6) is 0 Å². The molecule has 104 valence electrons. The molecule has 4 rings (SSSR count). The number of rotatable bonds is 0. The Balaban J connectivity index is 1.87. The molecule has 0 saturated carbocycles. The number of carboxylic acid groups (broad SMARTS) is 1. The normalized spacial score (nSPS) is 17.1. The molecule has 0 saturated heterocycles. The van der Waals surface area contributed by atoms with Crippen molar-refractivity contribution < 1.29 is 9.90 Å². The molecule has 0 spiro atoms. The van der Waals surface area contributed by atoms with Crippen molar-refractivity contribution in [1.82, 2.24) is 29.4 Å². The Morgan fingerprint density at radius 3 is 3.05 bits per heavy atom. The van der Waals surface area contributed by atoms with Crippen LogP contribution in [-0.4, -0.2) is 47.2 Å². The second kappa shape index (κ2) is 4.06. The minimum Gasteiger partial charge on any atom is -0.465 e. The highest BCUT2D eigenvalue weighted by molar-refractivity contribution is 5.67. The molecule has 1 amide bonds. The number of hydrogen-bond acceptors (Lipinski definition) is 4. The van der Waals surface area contributed by atoms with Gasteiger partial charge in [0.2, 0.25) is 0 Å². The molecule has 0 atom stereocenters. The van der Waals surface area contributed by atoms with Crippen molar-refractivity contribution in [2.24, 2.45) is 0 Å². The molecule has 0 aromatic carbocycles. The fourth-order valence-electron chi connectivity index (χ4n) is 2.99. The zero-order chi connectivity index (χ0) is 13.7. The van der Waals surface area contributed by atoms with E-state index in [2.05, 4.69) is 15.3 Å². The molecular formula is C12H14N6O2. The summed E-state index contributed by atoms with van der Waals surface area (Å²) in [6.07, 6.45) is 2.48. The molecular weight excluding hydrogens is 260 g/mol. The molecule has 8 heteroatoms. The van der Waals surface area contributed by atoms with Crippen LogP contribution in [0.4, 0.5) is 4.79 Å². The SMILES string of the molecule is O=C(O)N1CCc2nn3c(c2C1)-c1nncn1CCC3. The Morgan fingerprint density at radius 1 is 1.30 bits per heavy atom. The summed E-state index contributed by atoms with van der Waals surface area (Å²) in [5, 5.41) is 22.0. The van der Waals surface area contributed by atoms with Crippen LogP contribution in [0.15, 0.2) is 6.33 Å². The maximum Gasteiger partial charge on any atom is 0.407 e. The van der Waals surface area contributed by atoms with Crippen LogP contribution in [0.25, 0.3) is 11.5 Å². The van der Waals surface area contributed by atoms with Gasteiger partial charge in [-0.15, -0.1) is 10.2 Å². The molecule has 0 unspecified atom stereocenters. The van der Waals surface area contributed by atoms with E-state index in [-0.39, 0.29) is 0 Å². The van der Waals surface area contributed by atoms with Crippen molar-refractivity contribution in [3.05, 3.63) is 17.6 Å². The molecule has 1 N–H and O–H groups in total. The number of aryl methyl sites for hydroxylation is 2. The number of nitrogens with zero attached hydrogens (tertiary/aromatic N) is 6. The maximum atomic E-state index is 11.2. The number of hydrogen-bond donors (Lipinski definition) is 1. The first-order valence-electron chi connectivity index (χ1n) is 6.68. The molecule has 20 heavy (non-hydrogen) atoms. The highest BCUT2D eigenvalue weighted by Crippen LogP contribution is 2.31. The summed E-state index contributed by atoms with van der Waals surface area (Å²) >= 11 is 0. The van der Waals surface area contributed by atoms with Crippen molar-refractivity contribution in [2.75, 3.05) is 6.54 Å². The minimum atomic E-state index is -0.884. The van der Waals surface area contributed by atoms with Crippen LogP contribution in [-0.2, 0) is 26.1 Å². The first kappa shape index (κ1) is 11.4. The van der Waals surface area contributed by atoms with Gasteiger partial charge in [0.1, 0.15) is 12.0 Å². The summed E-state index contributed by atoms with van der Waals surface area (Å²) < 4.78 is 3.98. The molecule has 2 aromatic rings. The van der Waals surface area contributed by atoms with E-state index in [0.717, 1.165) is 42.3 Å². The average molecular weight is 274 g/mol. The zero-order valence-electron chi connectivity index (χ0n) is 10.9. The smallest absolute Gasteiger partial charge is 0.407 e. The van der Waals surface area contributed by atoms with E-state index in [1.165, 1.54) is 4.90 Å². The third-order valence-electron chi connectivity index (χ3n) is 3.97. The van der Waals surface area contributed by atoms with Crippen molar-refractivity contribution in [2.45, 2.75) is 32.5 Å². The summed E-state index contributed by atoms with van der Waals surface area (Å²) in [5.74, 6) is 0.795.